The van der Waals surface area contributed by atoms with E-state index in [1.54, 1.807) is 24.1 Å². The molecule has 1 saturated heterocycles. The van der Waals surface area contributed by atoms with Gasteiger partial charge in [0.15, 0.2) is 5.78 Å². The number of aromatic nitrogens is 1. The van der Waals surface area contributed by atoms with Crippen LogP contribution in [0.1, 0.15) is 12.1 Å². The Labute approximate surface area is 128 Å². The maximum Gasteiger partial charge on any atom is 0.228 e. The molecule has 0 radical (unpaired) electrons. The van der Waals surface area contributed by atoms with Crippen LogP contribution in [0.5, 0.6) is 5.75 Å². The number of anilines is 1. The van der Waals surface area contributed by atoms with Gasteiger partial charge in [-0.1, -0.05) is 0 Å². The summed E-state index contributed by atoms with van der Waals surface area (Å²) in [6, 6.07) is 3.52. The maximum absolute atomic E-state index is 12.2. The second-order valence-corrected chi connectivity index (χ2v) is 5.47. The first-order valence-corrected chi connectivity index (χ1v) is 7.19. The monoisotopic (exact) mass is 306 g/mol. The van der Waals surface area contributed by atoms with E-state index in [0.29, 0.717) is 36.8 Å². The molecule has 0 spiro atoms. The lowest BCUT2D eigenvalue weighted by Crippen LogP contribution is -2.28. The average molecular weight is 306 g/mol. The van der Waals surface area contributed by atoms with Crippen LogP contribution in [-0.2, 0) is 25.5 Å². The molecule has 0 aliphatic carbocycles. The molecular weight excluding hydrogens is 288 g/mol. The Balaban J connectivity index is 1.70. The molecule has 0 bridgehead atoms. The third-order valence-corrected chi connectivity index (χ3v) is 3.71. The minimum absolute atomic E-state index is 0.00394. The Morgan fingerprint density at radius 3 is 3.09 bits per heavy atom. The fraction of sp³-hybridized carbons (Fsp3) is 0.533. The van der Waals surface area contributed by atoms with Gasteiger partial charge in [0.2, 0.25) is 5.91 Å². The number of hydrogen-bond acceptors (Lipinski definition) is 6. The Hall–Kier alpha value is -1.99. The highest BCUT2D eigenvalue weighted by Crippen LogP contribution is 2.28. The molecule has 1 atom stereocenters. The number of nitrogens with zero attached hydrogens (tertiary/aromatic N) is 2. The average Bonchev–Trinajstić information content (AvgIpc) is 2.87. The Morgan fingerprint density at radius 2 is 2.27 bits per heavy atom. The van der Waals surface area contributed by atoms with Crippen molar-refractivity contribution in [2.24, 2.45) is 5.92 Å². The van der Waals surface area contributed by atoms with Gasteiger partial charge in [0.05, 0.1) is 18.7 Å². The van der Waals surface area contributed by atoms with Gasteiger partial charge >= 0.3 is 0 Å². The highest BCUT2D eigenvalue weighted by molar-refractivity contribution is 5.95. The Morgan fingerprint density at radius 1 is 1.41 bits per heavy atom. The number of amides is 1. The zero-order valence-corrected chi connectivity index (χ0v) is 12.4. The van der Waals surface area contributed by atoms with Crippen molar-refractivity contribution in [1.82, 2.24) is 4.98 Å². The summed E-state index contributed by atoms with van der Waals surface area (Å²) in [6.45, 7) is 1.35. The summed E-state index contributed by atoms with van der Waals surface area (Å²) in [7, 11) is 1.56. The number of methoxy groups -OCH3 is 1. The molecule has 2 aliphatic heterocycles. The molecular formula is C15H18N2O5. The molecule has 0 saturated carbocycles. The molecule has 22 heavy (non-hydrogen) atoms. The van der Waals surface area contributed by atoms with Crippen molar-refractivity contribution in [3.63, 3.8) is 0 Å². The van der Waals surface area contributed by atoms with E-state index in [0.717, 1.165) is 0 Å². The van der Waals surface area contributed by atoms with E-state index >= 15 is 0 Å². The van der Waals surface area contributed by atoms with Crippen molar-refractivity contribution in [1.29, 1.82) is 0 Å². The van der Waals surface area contributed by atoms with Crippen LogP contribution in [-0.4, -0.2) is 50.3 Å². The third-order valence-electron chi connectivity index (χ3n) is 3.71. The summed E-state index contributed by atoms with van der Waals surface area (Å²) in [5, 5.41) is 0. The van der Waals surface area contributed by atoms with Crippen molar-refractivity contribution in [2.75, 3.05) is 38.6 Å². The van der Waals surface area contributed by atoms with E-state index in [-0.39, 0.29) is 37.4 Å². The smallest absolute Gasteiger partial charge is 0.228 e. The second-order valence-electron chi connectivity index (χ2n) is 5.47. The lowest BCUT2D eigenvalue weighted by molar-refractivity contribution is -0.121. The number of pyridine rings is 1. The fourth-order valence-electron chi connectivity index (χ4n) is 2.69. The molecule has 0 N–H and O–H groups in total. The van der Waals surface area contributed by atoms with Crippen LogP contribution in [0.25, 0.3) is 0 Å². The summed E-state index contributed by atoms with van der Waals surface area (Å²) in [4.78, 5) is 29.7. The van der Waals surface area contributed by atoms with Crippen LogP contribution in [0.2, 0.25) is 0 Å². The fourth-order valence-corrected chi connectivity index (χ4v) is 2.69. The van der Waals surface area contributed by atoms with Gasteiger partial charge < -0.3 is 14.2 Å². The van der Waals surface area contributed by atoms with Gasteiger partial charge in [-0.25, -0.2) is 4.98 Å². The van der Waals surface area contributed by atoms with E-state index in [2.05, 4.69) is 4.98 Å². The molecule has 2 aliphatic rings. The topological polar surface area (TPSA) is 78.0 Å². The van der Waals surface area contributed by atoms with E-state index < -0.39 is 0 Å². The van der Waals surface area contributed by atoms with Crippen molar-refractivity contribution in [3.05, 3.63) is 17.8 Å². The predicted octanol–water partition coefficient (Wildman–Crippen LogP) is 0.559. The second kappa shape index (κ2) is 6.41. The number of hydrogen-bond donors (Lipinski definition) is 0. The minimum Gasteiger partial charge on any atom is -0.484 e. The molecule has 7 nitrogen and oxygen atoms in total. The van der Waals surface area contributed by atoms with Crippen LogP contribution >= 0.6 is 0 Å². The van der Waals surface area contributed by atoms with Crippen molar-refractivity contribution in [3.8, 4) is 5.75 Å². The molecule has 1 amide bonds. The number of rotatable bonds is 5. The zero-order chi connectivity index (χ0) is 15.5. The molecule has 3 rings (SSSR count). The first-order chi connectivity index (χ1) is 10.7. The van der Waals surface area contributed by atoms with Gasteiger partial charge in [-0.2, -0.15) is 0 Å². The molecule has 1 aromatic rings. The highest BCUT2D eigenvalue weighted by atomic mass is 16.7. The van der Waals surface area contributed by atoms with Crippen molar-refractivity contribution < 1.29 is 23.8 Å². The standard InChI is InChI=1S/C15H18N2O5/c1-20-9-21-7-10-4-15(19)17(6-10)14-3-2-13-12(16-14)5-11(18)8-22-13/h2-3,10H,4-9H2,1H3/t10-/m0/s1. The van der Waals surface area contributed by atoms with Crippen LogP contribution in [0, 0.1) is 5.92 Å². The van der Waals surface area contributed by atoms with Crippen LogP contribution in [0.3, 0.4) is 0 Å². The molecule has 118 valence electrons. The van der Waals surface area contributed by atoms with E-state index in [4.69, 9.17) is 14.2 Å². The van der Waals surface area contributed by atoms with Gasteiger partial charge in [-0.15, -0.1) is 0 Å². The van der Waals surface area contributed by atoms with Crippen LogP contribution in [0.15, 0.2) is 12.1 Å². The molecule has 1 aromatic heterocycles. The van der Waals surface area contributed by atoms with Gasteiger partial charge in [0.25, 0.3) is 0 Å². The highest BCUT2D eigenvalue weighted by Gasteiger charge is 2.32. The number of ether oxygens (including phenoxy) is 3. The SMILES string of the molecule is COCOC[C@H]1CC(=O)N(c2ccc3c(n2)CC(=O)CO3)C1. The lowest BCUT2D eigenvalue weighted by Gasteiger charge is -2.20. The van der Waals surface area contributed by atoms with Crippen LogP contribution in [0.4, 0.5) is 5.82 Å². The molecule has 3 heterocycles. The Kier molecular flexibility index (Phi) is 4.35. The van der Waals surface area contributed by atoms with E-state index in [1.807, 2.05) is 0 Å². The largest absolute Gasteiger partial charge is 0.484 e. The van der Waals surface area contributed by atoms with Gasteiger partial charge in [0.1, 0.15) is 25.0 Å². The number of Topliss-reactive ketones (excluding diaryl/α,β-unsaturated/α-hetero) is 1. The van der Waals surface area contributed by atoms with Gasteiger partial charge in [-0.05, 0) is 12.1 Å². The first kappa shape index (κ1) is 14.9. The quantitative estimate of drug-likeness (QED) is 0.584. The van der Waals surface area contributed by atoms with Gasteiger partial charge in [-0.3, -0.25) is 14.5 Å². The number of ketones is 1. The molecule has 7 heteroatoms. The molecule has 1 fully saturated rings. The van der Waals surface area contributed by atoms with Gasteiger partial charge in [0, 0.05) is 26.0 Å². The summed E-state index contributed by atoms with van der Waals surface area (Å²) < 4.78 is 15.5. The molecule has 0 unspecified atom stereocenters. The third kappa shape index (κ3) is 3.10. The first-order valence-electron chi connectivity index (χ1n) is 7.19. The zero-order valence-electron chi connectivity index (χ0n) is 12.4. The summed E-state index contributed by atoms with van der Waals surface area (Å²) in [5.74, 6) is 1.32. The summed E-state index contributed by atoms with van der Waals surface area (Å²) in [5.41, 5.74) is 0.598. The van der Waals surface area contributed by atoms with Crippen LogP contribution < -0.4 is 9.64 Å². The number of fused-ring (bicyclic) bond motifs is 1. The van der Waals surface area contributed by atoms with E-state index in [9.17, 15) is 9.59 Å². The predicted molar refractivity (Wildman–Crippen MR) is 76.7 cm³/mol. The molecule has 0 aromatic carbocycles. The lowest BCUT2D eigenvalue weighted by atomic mass is 10.1. The number of carbonyl (C=O) groups excluding carboxylic acids is 2. The number of carbonyl (C=O) groups is 2. The van der Waals surface area contributed by atoms with E-state index in [1.165, 1.54) is 0 Å². The minimum atomic E-state index is -0.00394. The normalized spacial score (nSPS) is 21.0. The summed E-state index contributed by atoms with van der Waals surface area (Å²) >= 11 is 0. The van der Waals surface area contributed by atoms with Crippen molar-refractivity contribution >= 4 is 17.5 Å². The van der Waals surface area contributed by atoms with Crippen molar-refractivity contribution in [2.45, 2.75) is 12.8 Å². The Bertz CT molecular complexity index is 589. The maximum atomic E-state index is 12.2. The summed E-state index contributed by atoms with van der Waals surface area (Å²) in [6.07, 6.45) is 0.684.